The second-order valence-corrected chi connectivity index (χ2v) is 8.24. The van der Waals surface area contributed by atoms with E-state index < -0.39 is 0 Å². The highest BCUT2D eigenvalue weighted by atomic mass is 127. The zero-order chi connectivity index (χ0) is 19.8. The fraction of sp³-hybridized carbons (Fsp3) is 0.650. The van der Waals surface area contributed by atoms with Gasteiger partial charge in [-0.15, -0.1) is 35.3 Å². The van der Waals surface area contributed by atoms with Crippen molar-refractivity contribution in [2.45, 2.75) is 59.4 Å². The first-order valence-electron chi connectivity index (χ1n) is 9.83. The predicted molar refractivity (Wildman–Crippen MR) is 130 cm³/mol. The predicted octanol–water partition coefficient (Wildman–Crippen LogP) is 4.35. The minimum absolute atomic E-state index is 0. The van der Waals surface area contributed by atoms with Crippen LogP contribution < -0.4 is 5.32 Å². The van der Waals surface area contributed by atoms with Crippen LogP contribution in [0.15, 0.2) is 16.6 Å². The van der Waals surface area contributed by atoms with Gasteiger partial charge >= 0.3 is 0 Å². The average molecular weight is 519 g/mol. The van der Waals surface area contributed by atoms with E-state index in [4.69, 9.17) is 4.99 Å². The van der Waals surface area contributed by atoms with Crippen LogP contribution in [0.4, 0.5) is 0 Å². The Balaban J connectivity index is 0.00000392. The number of thiazole rings is 1. The zero-order valence-electron chi connectivity index (χ0n) is 18.0. The lowest BCUT2D eigenvalue weighted by molar-refractivity contribution is 0.473. The molecule has 0 bridgehead atoms. The number of halogens is 1. The molecule has 0 aliphatic rings. The molecule has 0 aliphatic heterocycles. The Bertz CT molecular complexity index is 737. The molecular formula is C20H35IN6S. The lowest BCUT2D eigenvalue weighted by Crippen LogP contribution is -2.38. The molecule has 0 unspecified atom stereocenters. The molecule has 158 valence electrons. The third-order valence-electron chi connectivity index (χ3n) is 4.31. The molecule has 2 aromatic rings. The van der Waals surface area contributed by atoms with Crippen LogP contribution in [0.2, 0.25) is 0 Å². The monoisotopic (exact) mass is 518 g/mol. The van der Waals surface area contributed by atoms with E-state index in [9.17, 15) is 0 Å². The number of unbranched alkanes of at least 4 members (excludes halogenated alkanes) is 1. The van der Waals surface area contributed by atoms with Crippen molar-refractivity contribution in [1.82, 2.24) is 25.0 Å². The number of aliphatic imine (C=N–C) groups is 1. The molecule has 28 heavy (non-hydrogen) atoms. The van der Waals surface area contributed by atoms with Gasteiger partial charge in [0.05, 0.1) is 10.7 Å². The van der Waals surface area contributed by atoms with E-state index in [-0.39, 0.29) is 24.0 Å². The van der Waals surface area contributed by atoms with Crippen molar-refractivity contribution in [2.75, 3.05) is 20.1 Å². The minimum atomic E-state index is 0. The molecule has 0 aromatic carbocycles. The molecule has 0 radical (unpaired) electrons. The first-order chi connectivity index (χ1) is 12.9. The molecule has 6 nitrogen and oxygen atoms in total. The molecule has 2 rings (SSSR count). The summed E-state index contributed by atoms with van der Waals surface area (Å²) >= 11 is 1.76. The largest absolute Gasteiger partial charge is 0.357 e. The van der Waals surface area contributed by atoms with Crippen molar-refractivity contribution in [2.24, 2.45) is 12.0 Å². The molecule has 0 amide bonds. The number of hydrogen-bond acceptors (Lipinski definition) is 4. The van der Waals surface area contributed by atoms with Crippen LogP contribution in [0.3, 0.4) is 0 Å². The summed E-state index contributed by atoms with van der Waals surface area (Å²) in [7, 11) is 4.08. The van der Waals surface area contributed by atoms with Crippen LogP contribution in [0.1, 0.15) is 61.5 Å². The van der Waals surface area contributed by atoms with Crippen molar-refractivity contribution in [1.29, 1.82) is 0 Å². The van der Waals surface area contributed by atoms with Crippen LogP contribution in [0.5, 0.6) is 0 Å². The lowest BCUT2D eigenvalue weighted by atomic mass is 10.1. The smallest absolute Gasteiger partial charge is 0.193 e. The van der Waals surface area contributed by atoms with E-state index in [1.54, 1.807) is 11.3 Å². The van der Waals surface area contributed by atoms with E-state index in [1.807, 2.05) is 11.7 Å². The highest BCUT2D eigenvalue weighted by Gasteiger charge is 2.15. The van der Waals surface area contributed by atoms with Crippen LogP contribution in [0.25, 0.3) is 0 Å². The van der Waals surface area contributed by atoms with E-state index in [0.29, 0.717) is 5.92 Å². The normalized spacial score (nSPS) is 11.6. The first kappa shape index (κ1) is 24.9. The Morgan fingerprint density at radius 1 is 1.36 bits per heavy atom. The maximum Gasteiger partial charge on any atom is 0.193 e. The fourth-order valence-electron chi connectivity index (χ4n) is 3.05. The lowest BCUT2D eigenvalue weighted by Gasteiger charge is -2.22. The molecule has 2 aromatic heterocycles. The summed E-state index contributed by atoms with van der Waals surface area (Å²) in [5, 5.41) is 11.4. The van der Waals surface area contributed by atoms with Crippen LogP contribution in [-0.2, 0) is 20.0 Å². The molecule has 0 atom stereocenters. The average Bonchev–Trinajstić information content (AvgIpc) is 3.19. The molecular weight excluding hydrogens is 483 g/mol. The Labute approximate surface area is 190 Å². The molecule has 0 saturated carbocycles. The highest BCUT2D eigenvalue weighted by Crippen LogP contribution is 2.18. The molecule has 1 N–H and O–H groups in total. The Hall–Kier alpha value is -1.16. The van der Waals surface area contributed by atoms with Gasteiger partial charge in [0.2, 0.25) is 0 Å². The maximum atomic E-state index is 4.81. The van der Waals surface area contributed by atoms with E-state index in [1.165, 1.54) is 16.3 Å². The van der Waals surface area contributed by atoms with Gasteiger partial charge in [-0.1, -0.05) is 13.8 Å². The summed E-state index contributed by atoms with van der Waals surface area (Å²) in [6, 6.07) is 0. The van der Waals surface area contributed by atoms with Crippen molar-refractivity contribution >= 4 is 41.3 Å². The number of nitrogens with one attached hydrogen (secondary N) is 1. The molecule has 0 spiro atoms. The summed E-state index contributed by atoms with van der Waals surface area (Å²) in [4.78, 5) is 11.5. The van der Waals surface area contributed by atoms with Crippen molar-refractivity contribution in [3.05, 3.63) is 33.5 Å². The van der Waals surface area contributed by atoms with Gasteiger partial charge in [-0.05, 0) is 39.0 Å². The van der Waals surface area contributed by atoms with Gasteiger partial charge in [-0.25, -0.2) is 4.98 Å². The summed E-state index contributed by atoms with van der Waals surface area (Å²) in [5.74, 6) is 1.38. The number of nitrogens with zero attached hydrogens (tertiary/aromatic N) is 5. The fourth-order valence-corrected chi connectivity index (χ4v) is 3.87. The zero-order valence-corrected chi connectivity index (χ0v) is 21.2. The number of aryl methyl sites for hydroxylation is 3. The van der Waals surface area contributed by atoms with E-state index in [0.717, 1.165) is 50.6 Å². The molecule has 0 saturated heterocycles. The SMILES string of the molecule is CCNC(=NCCCCc1nc(C)cs1)N(C)Cc1cn(C)nc1C(C)C.I. The number of aromatic nitrogens is 3. The maximum absolute atomic E-state index is 4.81. The van der Waals surface area contributed by atoms with Crippen molar-refractivity contribution < 1.29 is 0 Å². The van der Waals surface area contributed by atoms with Gasteiger partial charge < -0.3 is 10.2 Å². The van der Waals surface area contributed by atoms with Gasteiger partial charge in [0.1, 0.15) is 0 Å². The number of guanidine groups is 1. The second kappa shape index (κ2) is 12.4. The topological polar surface area (TPSA) is 58.3 Å². The van der Waals surface area contributed by atoms with Crippen molar-refractivity contribution in [3.8, 4) is 0 Å². The summed E-state index contributed by atoms with van der Waals surface area (Å²) in [6.45, 7) is 11.1. The van der Waals surface area contributed by atoms with E-state index in [2.05, 4.69) is 66.6 Å². The standard InChI is InChI=1S/C20H34N6S.HI/c1-7-21-20(22-11-9-8-10-18-23-16(4)14-27-18)25(5)12-17-13-26(6)24-19(17)15(2)3;/h13-15H,7-12H2,1-6H3,(H,21,22);1H. The van der Waals surface area contributed by atoms with Crippen LogP contribution in [0, 0.1) is 6.92 Å². The first-order valence-corrected chi connectivity index (χ1v) is 10.7. The highest BCUT2D eigenvalue weighted by molar-refractivity contribution is 14.0. The Morgan fingerprint density at radius 2 is 2.11 bits per heavy atom. The van der Waals surface area contributed by atoms with Gasteiger partial charge in [-0.3, -0.25) is 9.67 Å². The molecule has 2 heterocycles. The molecule has 0 fully saturated rings. The van der Waals surface area contributed by atoms with Crippen LogP contribution in [-0.4, -0.2) is 45.8 Å². The number of rotatable bonds is 9. The second-order valence-electron chi connectivity index (χ2n) is 7.30. The third-order valence-corrected chi connectivity index (χ3v) is 5.34. The van der Waals surface area contributed by atoms with Gasteiger partial charge in [0.25, 0.3) is 0 Å². The third kappa shape index (κ3) is 7.69. The van der Waals surface area contributed by atoms with Gasteiger partial charge in [0.15, 0.2) is 5.96 Å². The molecule has 0 aliphatic carbocycles. The van der Waals surface area contributed by atoms with Crippen LogP contribution >= 0.6 is 35.3 Å². The molecule has 8 heteroatoms. The summed E-state index contributed by atoms with van der Waals surface area (Å²) in [5.41, 5.74) is 3.55. The Kier molecular flexibility index (Phi) is 11.0. The minimum Gasteiger partial charge on any atom is -0.357 e. The Morgan fingerprint density at radius 3 is 2.71 bits per heavy atom. The van der Waals surface area contributed by atoms with Gasteiger partial charge in [-0.2, -0.15) is 5.10 Å². The van der Waals surface area contributed by atoms with E-state index >= 15 is 0 Å². The van der Waals surface area contributed by atoms with Gasteiger partial charge in [0, 0.05) is 56.6 Å². The summed E-state index contributed by atoms with van der Waals surface area (Å²) < 4.78 is 1.91. The quantitative estimate of drug-likeness (QED) is 0.232. The summed E-state index contributed by atoms with van der Waals surface area (Å²) in [6.07, 6.45) is 5.37. The number of hydrogen-bond donors (Lipinski definition) is 1. The van der Waals surface area contributed by atoms with Crippen molar-refractivity contribution in [3.63, 3.8) is 0 Å².